The summed E-state index contributed by atoms with van der Waals surface area (Å²) in [6, 6.07) is 6.08. The molecule has 11 nitrogen and oxygen atoms in total. The van der Waals surface area contributed by atoms with E-state index in [1.165, 1.54) is 36.8 Å². The van der Waals surface area contributed by atoms with Gasteiger partial charge in [0, 0.05) is 55.9 Å². The van der Waals surface area contributed by atoms with Crippen molar-refractivity contribution in [3.8, 4) is 5.88 Å². The Morgan fingerprint density at radius 3 is 2.39 bits per heavy atom. The molecule has 5 rings (SSSR count). The van der Waals surface area contributed by atoms with Crippen molar-refractivity contribution in [2.24, 2.45) is 0 Å². The number of rotatable bonds is 6. The minimum absolute atomic E-state index is 0.0789. The molecule has 12 heteroatoms. The number of hydrogen-bond acceptors (Lipinski definition) is 11. The van der Waals surface area contributed by atoms with Crippen LogP contribution in [-0.2, 0) is 16.1 Å². The first kappa shape index (κ1) is 25.2. The van der Waals surface area contributed by atoms with Crippen LogP contribution in [-0.4, -0.2) is 78.8 Å². The van der Waals surface area contributed by atoms with Crippen molar-refractivity contribution in [2.75, 3.05) is 68.1 Å². The lowest BCUT2D eigenvalue weighted by Crippen LogP contribution is -2.39. The number of carbonyl (C=O) groups is 1. The second-order valence-electron chi connectivity index (χ2n) is 7.95. The Kier molecular flexibility index (Phi) is 8.89. The van der Waals surface area contributed by atoms with Crippen LogP contribution in [0.4, 0.5) is 21.8 Å². The van der Waals surface area contributed by atoms with Crippen LogP contribution in [0.2, 0.25) is 0 Å². The lowest BCUT2D eigenvalue weighted by molar-refractivity contribution is 0.111. The highest BCUT2D eigenvalue weighted by Gasteiger charge is 2.19. The SMILES string of the molecule is Nc1ccc(F)c(COc2cnccn2)c1.O=Cc1cc(N2CCOCC2)nc(N2CCOCC2)n1. The topological polar surface area (TPSA) is 129 Å². The normalized spacial score (nSPS) is 15.6. The third kappa shape index (κ3) is 7.06. The number of anilines is 3. The van der Waals surface area contributed by atoms with Crippen molar-refractivity contribution in [1.29, 1.82) is 0 Å². The molecule has 36 heavy (non-hydrogen) atoms. The van der Waals surface area contributed by atoms with E-state index in [-0.39, 0.29) is 12.4 Å². The summed E-state index contributed by atoms with van der Waals surface area (Å²) in [7, 11) is 0. The molecule has 2 N–H and O–H groups in total. The smallest absolute Gasteiger partial charge is 0.232 e. The number of aromatic nitrogens is 4. The first-order valence-electron chi connectivity index (χ1n) is 11.5. The highest BCUT2D eigenvalue weighted by molar-refractivity contribution is 5.74. The highest BCUT2D eigenvalue weighted by Crippen LogP contribution is 2.19. The van der Waals surface area contributed by atoms with Gasteiger partial charge in [-0.05, 0) is 18.2 Å². The van der Waals surface area contributed by atoms with Crippen molar-refractivity contribution in [1.82, 2.24) is 19.9 Å². The van der Waals surface area contributed by atoms with Crippen LogP contribution in [0.25, 0.3) is 0 Å². The number of halogens is 1. The van der Waals surface area contributed by atoms with Gasteiger partial charge in [-0.1, -0.05) is 0 Å². The maximum absolute atomic E-state index is 13.3. The number of nitrogens with two attached hydrogens (primary N) is 1. The van der Waals surface area contributed by atoms with Crippen LogP contribution in [0.5, 0.6) is 5.88 Å². The van der Waals surface area contributed by atoms with E-state index in [4.69, 9.17) is 19.9 Å². The van der Waals surface area contributed by atoms with Crippen LogP contribution in [0.15, 0.2) is 42.9 Å². The molecular formula is C24H28FN7O4. The third-order valence-electron chi connectivity index (χ3n) is 5.46. The quantitative estimate of drug-likeness (QED) is 0.395. The second-order valence-corrected chi connectivity index (χ2v) is 7.95. The van der Waals surface area contributed by atoms with Crippen LogP contribution in [0.3, 0.4) is 0 Å². The molecule has 0 spiro atoms. The maximum atomic E-state index is 13.3. The molecule has 0 atom stereocenters. The number of hydrogen-bond donors (Lipinski definition) is 1. The van der Waals surface area contributed by atoms with Gasteiger partial charge in [-0.15, -0.1) is 0 Å². The van der Waals surface area contributed by atoms with Gasteiger partial charge in [0.2, 0.25) is 11.8 Å². The van der Waals surface area contributed by atoms with Crippen molar-refractivity contribution >= 4 is 23.7 Å². The van der Waals surface area contributed by atoms with E-state index in [1.54, 1.807) is 6.07 Å². The zero-order chi connectivity index (χ0) is 25.2. The minimum Gasteiger partial charge on any atom is -0.472 e. The molecule has 2 saturated heterocycles. The maximum Gasteiger partial charge on any atom is 0.232 e. The predicted octanol–water partition coefficient (Wildman–Crippen LogP) is 1.74. The van der Waals surface area contributed by atoms with E-state index in [9.17, 15) is 9.18 Å². The summed E-state index contributed by atoms with van der Waals surface area (Å²) in [5, 5.41) is 0. The summed E-state index contributed by atoms with van der Waals surface area (Å²) in [5.41, 5.74) is 6.86. The molecule has 4 heterocycles. The van der Waals surface area contributed by atoms with Gasteiger partial charge in [0.1, 0.15) is 23.9 Å². The van der Waals surface area contributed by atoms with Crippen LogP contribution in [0.1, 0.15) is 16.1 Å². The van der Waals surface area contributed by atoms with E-state index in [0.29, 0.717) is 55.2 Å². The van der Waals surface area contributed by atoms with Gasteiger partial charge < -0.3 is 29.7 Å². The molecule has 0 amide bonds. The van der Waals surface area contributed by atoms with Crippen molar-refractivity contribution in [2.45, 2.75) is 6.61 Å². The van der Waals surface area contributed by atoms with Crippen LogP contribution >= 0.6 is 0 Å². The van der Waals surface area contributed by atoms with Gasteiger partial charge in [-0.3, -0.25) is 9.78 Å². The number of carbonyl (C=O) groups excluding carboxylic acids is 1. The zero-order valence-electron chi connectivity index (χ0n) is 19.8. The molecule has 2 fully saturated rings. The molecule has 0 saturated carbocycles. The number of aldehydes is 1. The van der Waals surface area contributed by atoms with Gasteiger partial charge in [-0.2, -0.15) is 4.98 Å². The second kappa shape index (κ2) is 12.7. The highest BCUT2D eigenvalue weighted by atomic mass is 19.1. The molecule has 3 aromatic rings. The summed E-state index contributed by atoms with van der Waals surface area (Å²) >= 11 is 0. The van der Waals surface area contributed by atoms with E-state index < -0.39 is 0 Å². The number of nitrogen functional groups attached to an aromatic ring is 1. The monoisotopic (exact) mass is 497 g/mol. The minimum atomic E-state index is -0.349. The Balaban J connectivity index is 0.000000174. The van der Waals surface area contributed by atoms with E-state index in [2.05, 4.69) is 29.7 Å². The Morgan fingerprint density at radius 1 is 1.00 bits per heavy atom. The number of nitrogens with zero attached hydrogens (tertiary/aromatic N) is 6. The van der Waals surface area contributed by atoms with Gasteiger partial charge >= 0.3 is 0 Å². The molecule has 2 aliphatic rings. The predicted molar refractivity (Wildman–Crippen MR) is 131 cm³/mol. The Morgan fingerprint density at radius 2 is 1.72 bits per heavy atom. The van der Waals surface area contributed by atoms with Crippen molar-refractivity contribution < 1.29 is 23.4 Å². The molecular weight excluding hydrogens is 469 g/mol. The number of ether oxygens (including phenoxy) is 3. The van der Waals surface area contributed by atoms with Gasteiger partial charge in [0.15, 0.2) is 6.29 Å². The van der Waals surface area contributed by atoms with Crippen LogP contribution in [0, 0.1) is 5.82 Å². The summed E-state index contributed by atoms with van der Waals surface area (Å²) in [4.78, 5) is 31.9. The Bertz CT molecular complexity index is 1090. The largest absolute Gasteiger partial charge is 0.472 e. The van der Waals surface area contributed by atoms with Gasteiger partial charge in [-0.25, -0.2) is 14.4 Å². The molecule has 0 bridgehead atoms. The molecule has 190 valence electrons. The van der Waals surface area contributed by atoms with Gasteiger partial charge in [0.25, 0.3) is 0 Å². The number of benzene rings is 1. The molecule has 0 aliphatic carbocycles. The summed E-state index contributed by atoms with van der Waals surface area (Å²) in [5.74, 6) is 1.41. The zero-order valence-corrected chi connectivity index (χ0v) is 19.8. The lowest BCUT2D eigenvalue weighted by Gasteiger charge is -2.30. The Hall–Kier alpha value is -3.90. The van der Waals surface area contributed by atoms with Crippen molar-refractivity contribution in [3.05, 3.63) is 59.9 Å². The fraction of sp³-hybridized carbons (Fsp3) is 0.375. The molecule has 2 aromatic heterocycles. The summed E-state index contributed by atoms with van der Waals surface area (Å²) < 4.78 is 29.2. The van der Waals surface area contributed by atoms with E-state index in [0.717, 1.165) is 38.3 Å². The Labute approximate surface area is 208 Å². The van der Waals surface area contributed by atoms with E-state index >= 15 is 0 Å². The number of morpholine rings is 2. The summed E-state index contributed by atoms with van der Waals surface area (Å²) in [6.45, 7) is 5.88. The first-order chi connectivity index (χ1) is 17.6. The third-order valence-corrected chi connectivity index (χ3v) is 5.46. The average molecular weight is 498 g/mol. The first-order valence-corrected chi connectivity index (χ1v) is 11.5. The molecule has 1 aromatic carbocycles. The lowest BCUT2D eigenvalue weighted by atomic mass is 10.2. The fourth-order valence-corrected chi connectivity index (χ4v) is 3.58. The van der Waals surface area contributed by atoms with Gasteiger partial charge in [0.05, 0.1) is 32.6 Å². The fourth-order valence-electron chi connectivity index (χ4n) is 3.58. The molecule has 0 radical (unpaired) electrons. The molecule has 0 unspecified atom stereocenters. The standard InChI is InChI=1S/C13H18N4O3.C11H10FN3O/c18-10-11-9-12(16-1-5-19-6-2-16)15-13(14-11)17-3-7-20-8-4-17;12-10-2-1-9(13)5-8(10)7-16-11-6-14-3-4-15-11/h9-10H,1-8H2;1-6H,7,13H2. The van der Waals surface area contributed by atoms with Crippen LogP contribution < -0.4 is 20.3 Å². The van der Waals surface area contributed by atoms with E-state index in [1.807, 2.05) is 0 Å². The molecule has 2 aliphatic heterocycles. The summed E-state index contributed by atoms with van der Waals surface area (Å²) in [6.07, 6.45) is 5.28. The van der Waals surface area contributed by atoms with Crippen molar-refractivity contribution in [3.63, 3.8) is 0 Å². The average Bonchev–Trinajstić information content (AvgIpc) is 2.95.